The van der Waals surface area contributed by atoms with Gasteiger partial charge in [0.1, 0.15) is 5.56 Å². The van der Waals surface area contributed by atoms with Gasteiger partial charge in [-0.1, -0.05) is 0 Å². The molecule has 0 aliphatic rings. The molecule has 0 fully saturated rings. The highest BCUT2D eigenvalue weighted by Gasteiger charge is 2.38. The van der Waals surface area contributed by atoms with E-state index in [-0.39, 0.29) is 5.88 Å². The van der Waals surface area contributed by atoms with Gasteiger partial charge in [0.25, 0.3) is 0 Å². The number of alkyl halides is 3. The minimum atomic E-state index is -4.44. The number of halogens is 3. The minimum Gasteiger partial charge on any atom is -0.481 e. The van der Waals surface area contributed by atoms with Crippen LogP contribution < -0.4 is 4.74 Å². The van der Waals surface area contributed by atoms with E-state index in [2.05, 4.69) is 5.10 Å². The average molecular weight is 222 g/mol. The van der Waals surface area contributed by atoms with Crippen molar-refractivity contribution in [2.24, 2.45) is 0 Å². The maximum atomic E-state index is 12.5. The Bertz CT molecular complexity index is 318. The summed E-state index contributed by atoms with van der Waals surface area (Å²) in [5.41, 5.74) is -1.39. The first-order valence-corrected chi connectivity index (χ1v) is 4.37. The molecular weight excluding hydrogens is 209 g/mol. The van der Waals surface area contributed by atoms with Gasteiger partial charge in [-0.3, -0.25) is 0 Å². The molecule has 3 nitrogen and oxygen atoms in total. The summed E-state index contributed by atoms with van der Waals surface area (Å²) in [5, 5.41) is 3.70. The van der Waals surface area contributed by atoms with Gasteiger partial charge < -0.3 is 4.74 Å². The van der Waals surface area contributed by atoms with Crippen LogP contribution in [0.5, 0.6) is 5.88 Å². The Hall–Kier alpha value is -1.20. The van der Waals surface area contributed by atoms with Crippen LogP contribution in [0, 0.1) is 0 Å². The van der Waals surface area contributed by atoms with Crippen LogP contribution in [0.1, 0.15) is 26.3 Å². The molecule has 86 valence electrons. The fourth-order valence-electron chi connectivity index (χ4n) is 1.21. The Kier molecular flexibility index (Phi) is 2.71. The summed E-state index contributed by atoms with van der Waals surface area (Å²) in [4.78, 5) is 0. The molecule has 0 aliphatic heterocycles. The number of methoxy groups -OCH3 is 1. The first-order chi connectivity index (χ1) is 6.68. The highest BCUT2D eigenvalue weighted by molar-refractivity contribution is 5.28. The van der Waals surface area contributed by atoms with Gasteiger partial charge in [-0.05, 0) is 20.8 Å². The van der Waals surface area contributed by atoms with Crippen LogP contribution in [0.4, 0.5) is 13.2 Å². The zero-order valence-electron chi connectivity index (χ0n) is 9.01. The van der Waals surface area contributed by atoms with Crippen molar-refractivity contribution in [3.8, 4) is 5.88 Å². The summed E-state index contributed by atoms with van der Waals surface area (Å²) in [6, 6.07) is 0. The molecular formula is C9H13F3N2O. The predicted molar refractivity (Wildman–Crippen MR) is 48.8 cm³/mol. The van der Waals surface area contributed by atoms with Crippen molar-refractivity contribution >= 4 is 0 Å². The van der Waals surface area contributed by atoms with Gasteiger partial charge in [-0.25, -0.2) is 4.68 Å². The van der Waals surface area contributed by atoms with Crippen LogP contribution in [0.2, 0.25) is 0 Å². The van der Waals surface area contributed by atoms with Crippen molar-refractivity contribution in [1.29, 1.82) is 0 Å². The maximum absolute atomic E-state index is 12.5. The van der Waals surface area contributed by atoms with E-state index in [1.807, 2.05) is 0 Å². The third-order valence-electron chi connectivity index (χ3n) is 1.86. The fourth-order valence-corrected chi connectivity index (χ4v) is 1.21. The molecule has 0 radical (unpaired) electrons. The van der Waals surface area contributed by atoms with Crippen molar-refractivity contribution in [2.45, 2.75) is 32.5 Å². The van der Waals surface area contributed by atoms with E-state index < -0.39 is 17.3 Å². The average Bonchev–Trinajstić information content (AvgIpc) is 2.43. The van der Waals surface area contributed by atoms with Gasteiger partial charge in [0.15, 0.2) is 0 Å². The SMILES string of the molecule is COc1c(C(F)(F)F)cnn1C(C)(C)C. The van der Waals surface area contributed by atoms with E-state index >= 15 is 0 Å². The second-order valence-electron chi connectivity index (χ2n) is 4.15. The first-order valence-electron chi connectivity index (χ1n) is 4.37. The molecule has 0 amide bonds. The third kappa shape index (κ3) is 2.24. The smallest absolute Gasteiger partial charge is 0.423 e. The normalized spacial score (nSPS) is 13.0. The topological polar surface area (TPSA) is 27.1 Å². The van der Waals surface area contributed by atoms with Crippen molar-refractivity contribution in [3.05, 3.63) is 11.8 Å². The molecule has 0 N–H and O–H groups in total. The van der Waals surface area contributed by atoms with Crippen LogP contribution in [0.15, 0.2) is 6.20 Å². The number of ether oxygens (including phenoxy) is 1. The lowest BCUT2D eigenvalue weighted by Crippen LogP contribution is -2.24. The number of nitrogens with zero attached hydrogens (tertiary/aromatic N) is 2. The lowest BCUT2D eigenvalue weighted by Gasteiger charge is -2.21. The quantitative estimate of drug-likeness (QED) is 0.730. The van der Waals surface area contributed by atoms with E-state index in [0.29, 0.717) is 0 Å². The van der Waals surface area contributed by atoms with Crippen molar-refractivity contribution in [2.75, 3.05) is 7.11 Å². The van der Waals surface area contributed by atoms with Gasteiger partial charge in [-0.15, -0.1) is 0 Å². The number of hydrogen-bond acceptors (Lipinski definition) is 2. The Morgan fingerprint density at radius 1 is 1.27 bits per heavy atom. The van der Waals surface area contributed by atoms with Crippen molar-refractivity contribution in [1.82, 2.24) is 9.78 Å². The van der Waals surface area contributed by atoms with Gasteiger partial charge >= 0.3 is 6.18 Å². The molecule has 1 rings (SSSR count). The first kappa shape index (κ1) is 11.9. The molecule has 0 bridgehead atoms. The lowest BCUT2D eigenvalue weighted by molar-refractivity contribution is -0.138. The summed E-state index contributed by atoms with van der Waals surface area (Å²) < 4.78 is 43.5. The molecule has 0 saturated carbocycles. The van der Waals surface area contributed by atoms with Gasteiger partial charge in [0, 0.05) is 0 Å². The van der Waals surface area contributed by atoms with Crippen molar-refractivity contribution < 1.29 is 17.9 Å². The Morgan fingerprint density at radius 3 is 2.13 bits per heavy atom. The molecule has 0 unspecified atom stereocenters. The zero-order chi connectivity index (χ0) is 11.9. The Labute approximate surface area is 85.8 Å². The van der Waals surface area contributed by atoms with E-state index in [1.54, 1.807) is 20.8 Å². The van der Waals surface area contributed by atoms with Gasteiger partial charge in [0.2, 0.25) is 5.88 Å². The second-order valence-corrected chi connectivity index (χ2v) is 4.15. The molecule has 1 aromatic rings. The molecule has 15 heavy (non-hydrogen) atoms. The van der Waals surface area contributed by atoms with Gasteiger partial charge in [0.05, 0.1) is 18.8 Å². The number of aromatic nitrogens is 2. The third-order valence-corrected chi connectivity index (χ3v) is 1.86. The molecule has 1 heterocycles. The Balaban J connectivity index is 3.30. The molecule has 6 heteroatoms. The van der Waals surface area contributed by atoms with Crippen LogP contribution in [0.25, 0.3) is 0 Å². The zero-order valence-corrected chi connectivity index (χ0v) is 9.01. The van der Waals surface area contributed by atoms with Crippen LogP contribution in [-0.2, 0) is 11.7 Å². The second kappa shape index (κ2) is 3.43. The van der Waals surface area contributed by atoms with E-state index in [1.165, 1.54) is 11.8 Å². The van der Waals surface area contributed by atoms with E-state index in [4.69, 9.17) is 4.74 Å². The summed E-state index contributed by atoms with van der Waals surface area (Å²) in [6.07, 6.45) is -3.65. The number of hydrogen-bond donors (Lipinski definition) is 0. The summed E-state index contributed by atoms with van der Waals surface area (Å²) in [5.74, 6) is -0.255. The monoisotopic (exact) mass is 222 g/mol. The maximum Gasteiger partial charge on any atom is 0.423 e. The number of rotatable bonds is 1. The van der Waals surface area contributed by atoms with Gasteiger partial charge in [-0.2, -0.15) is 18.3 Å². The standard InChI is InChI=1S/C9H13F3N2O/c1-8(2,3)14-7(15-4)6(5-13-14)9(10,11)12/h5H,1-4H3. The molecule has 0 aliphatic carbocycles. The van der Waals surface area contributed by atoms with E-state index in [0.717, 1.165) is 6.20 Å². The summed E-state index contributed by atoms with van der Waals surface area (Å²) >= 11 is 0. The summed E-state index contributed by atoms with van der Waals surface area (Å²) in [7, 11) is 1.20. The molecule has 0 saturated heterocycles. The highest BCUT2D eigenvalue weighted by Crippen LogP contribution is 2.37. The highest BCUT2D eigenvalue weighted by atomic mass is 19.4. The molecule has 1 aromatic heterocycles. The Morgan fingerprint density at radius 2 is 1.80 bits per heavy atom. The van der Waals surface area contributed by atoms with Crippen molar-refractivity contribution in [3.63, 3.8) is 0 Å². The summed E-state index contributed by atoms with van der Waals surface area (Å²) in [6.45, 7) is 5.26. The molecule has 0 spiro atoms. The van der Waals surface area contributed by atoms with Crippen LogP contribution in [0.3, 0.4) is 0 Å². The van der Waals surface area contributed by atoms with Crippen LogP contribution >= 0.6 is 0 Å². The van der Waals surface area contributed by atoms with Crippen LogP contribution in [-0.4, -0.2) is 16.9 Å². The minimum absolute atomic E-state index is 0.255. The molecule has 0 atom stereocenters. The largest absolute Gasteiger partial charge is 0.481 e. The lowest BCUT2D eigenvalue weighted by atomic mass is 10.1. The van der Waals surface area contributed by atoms with E-state index in [9.17, 15) is 13.2 Å². The predicted octanol–water partition coefficient (Wildman–Crippen LogP) is 2.67. The molecule has 0 aromatic carbocycles. The fraction of sp³-hybridized carbons (Fsp3) is 0.667.